The molecule has 1 aliphatic carbocycles. The van der Waals surface area contributed by atoms with Crippen LogP contribution in [0, 0.1) is 5.92 Å². The molecule has 1 fully saturated rings. The van der Waals surface area contributed by atoms with Crippen LogP contribution < -0.4 is 25.2 Å². The SMILES string of the molecule is COc1ccc(N(C(=O)CN2C(=O)C(NC(=O)Nc3ccccc3)N=C(C3CCCCC3)c3ccccc32)C(C)C)cc1. The average molecular weight is 582 g/mol. The van der Waals surface area contributed by atoms with Crippen LogP contribution in [-0.2, 0) is 9.59 Å². The fourth-order valence-corrected chi connectivity index (χ4v) is 5.91. The van der Waals surface area contributed by atoms with Gasteiger partial charge in [-0.2, -0.15) is 0 Å². The topological polar surface area (TPSA) is 103 Å². The standard InChI is InChI=1S/C34H39N5O4/c1-23(2)39(26-18-20-27(43-3)21-19-26)30(40)22-38-29-17-11-10-16-28(29)31(24-12-6-4-7-13-24)36-32(33(38)41)37-34(42)35-25-14-8-5-9-15-25/h5,8-11,14-21,23-24,32H,4,6-7,12-13,22H2,1-3H3,(H2,35,37,42). The van der Waals surface area contributed by atoms with Crippen molar-refractivity contribution in [1.29, 1.82) is 0 Å². The molecule has 0 radical (unpaired) electrons. The van der Waals surface area contributed by atoms with E-state index in [1.807, 2.05) is 68.4 Å². The van der Waals surface area contributed by atoms with Crippen LogP contribution in [-0.4, -0.2) is 49.4 Å². The van der Waals surface area contributed by atoms with Gasteiger partial charge in [0.25, 0.3) is 5.91 Å². The molecule has 5 rings (SSSR count). The highest BCUT2D eigenvalue weighted by Gasteiger charge is 2.37. The summed E-state index contributed by atoms with van der Waals surface area (Å²) in [4.78, 5) is 49.4. The minimum Gasteiger partial charge on any atom is -0.497 e. The van der Waals surface area contributed by atoms with E-state index >= 15 is 0 Å². The number of benzene rings is 3. The lowest BCUT2D eigenvalue weighted by Gasteiger charge is -2.31. The van der Waals surface area contributed by atoms with E-state index in [2.05, 4.69) is 10.6 Å². The molecule has 0 spiro atoms. The maximum Gasteiger partial charge on any atom is 0.321 e. The van der Waals surface area contributed by atoms with Crippen molar-refractivity contribution in [2.75, 3.05) is 28.8 Å². The summed E-state index contributed by atoms with van der Waals surface area (Å²) in [6.45, 7) is 3.65. The summed E-state index contributed by atoms with van der Waals surface area (Å²) in [5, 5.41) is 5.58. The molecular formula is C34H39N5O4. The zero-order valence-corrected chi connectivity index (χ0v) is 25.0. The lowest BCUT2D eigenvalue weighted by Crippen LogP contribution is -2.52. The zero-order valence-electron chi connectivity index (χ0n) is 25.0. The van der Waals surface area contributed by atoms with Crippen molar-refractivity contribution in [2.45, 2.75) is 58.2 Å². The van der Waals surface area contributed by atoms with Gasteiger partial charge in [0, 0.05) is 28.9 Å². The van der Waals surface area contributed by atoms with Crippen molar-refractivity contribution >= 4 is 40.6 Å². The fraction of sp³-hybridized carbons (Fsp3) is 0.353. The lowest BCUT2D eigenvalue weighted by atomic mass is 9.83. The van der Waals surface area contributed by atoms with E-state index in [1.165, 1.54) is 11.3 Å². The van der Waals surface area contributed by atoms with Crippen molar-refractivity contribution in [1.82, 2.24) is 5.32 Å². The van der Waals surface area contributed by atoms with Crippen molar-refractivity contribution in [3.63, 3.8) is 0 Å². The van der Waals surface area contributed by atoms with Crippen molar-refractivity contribution in [3.8, 4) is 5.75 Å². The number of nitrogens with zero attached hydrogens (tertiary/aromatic N) is 3. The molecule has 1 heterocycles. The van der Waals surface area contributed by atoms with Crippen molar-refractivity contribution in [3.05, 3.63) is 84.4 Å². The van der Waals surface area contributed by atoms with Gasteiger partial charge in [0.05, 0.1) is 18.5 Å². The van der Waals surface area contributed by atoms with Gasteiger partial charge in [-0.15, -0.1) is 0 Å². The number of para-hydroxylation sites is 2. The van der Waals surface area contributed by atoms with Gasteiger partial charge in [0.2, 0.25) is 12.1 Å². The summed E-state index contributed by atoms with van der Waals surface area (Å²) in [6.07, 6.45) is 4.06. The van der Waals surface area contributed by atoms with Crippen LogP contribution in [0.5, 0.6) is 5.75 Å². The Bertz CT molecular complexity index is 1470. The van der Waals surface area contributed by atoms with Gasteiger partial charge < -0.3 is 20.3 Å². The number of anilines is 3. The molecule has 0 saturated heterocycles. The average Bonchev–Trinajstić information content (AvgIpc) is 3.13. The van der Waals surface area contributed by atoms with Crippen LogP contribution in [0.4, 0.5) is 21.9 Å². The lowest BCUT2D eigenvalue weighted by molar-refractivity contribution is -0.123. The number of hydrogen-bond donors (Lipinski definition) is 2. The number of rotatable bonds is 8. The number of methoxy groups -OCH3 is 1. The maximum atomic E-state index is 14.3. The van der Waals surface area contributed by atoms with Crippen LogP contribution in [0.25, 0.3) is 0 Å². The van der Waals surface area contributed by atoms with Crippen LogP contribution in [0.1, 0.15) is 51.5 Å². The van der Waals surface area contributed by atoms with E-state index in [4.69, 9.17) is 9.73 Å². The monoisotopic (exact) mass is 581 g/mol. The highest BCUT2D eigenvalue weighted by molar-refractivity contribution is 6.16. The Balaban J connectivity index is 1.50. The number of carbonyl (C=O) groups is 3. The second-order valence-electron chi connectivity index (χ2n) is 11.2. The number of aliphatic imine (C=N–C) groups is 1. The van der Waals surface area contributed by atoms with Crippen LogP contribution in [0.15, 0.2) is 83.9 Å². The number of fused-ring (bicyclic) bond motifs is 1. The third-order valence-corrected chi connectivity index (χ3v) is 7.96. The predicted molar refractivity (Wildman–Crippen MR) is 170 cm³/mol. The molecule has 3 aromatic rings. The van der Waals surface area contributed by atoms with Gasteiger partial charge in [-0.3, -0.25) is 19.5 Å². The van der Waals surface area contributed by atoms with Gasteiger partial charge in [-0.05, 0) is 69.2 Å². The molecule has 1 aliphatic heterocycles. The van der Waals surface area contributed by atoms with Gasteiger partial charge in [0.15, 0.2) is 0 Å². The first-order chi connectivity index (χ1) is 20.9. The summed E-state index contributed by atoms with van der Waals surface area (Å²) in [7, 11) is 1.59. The van der Waals surface area contributed by atoms with Gasteiger partial charge in [-0.1, -0.05) is 55.7 Å². The Hall–Kier alpha value is -4.66. The van der Waals surface area contributed by atoms with Crippen molar-refractivity contribution in [2.24, 2.45) is 10.9 Å². The Labute approximate surface area is 252 Å². The van der Waals surface area contributed by atoms with Gasteiger partial charge in [0.1, 0.15) is 12.3 Å². The molecule has 3 aromatic carbocycles. The molecule has 1 atom stereocenters. The number of benzodiazepines with no additional fused rings is 1. The third-order valence-electron chi connectivity index (χ3n) is 7.96. The number of urea groups is 1. The first-order valence-corrected chi connectivity index (χ1v) is 14.9. The van der Waals surface area contributed by atoms with E-state index < -0.39 is 18.1 Å². The number of ether oxygens (including phenoxy) is 1. The fourth-order valence-electron chi connectivity index (χ4n) is 5.91. The van der Waals surface area contributed by atoms with Crippen LogP contribution in [0.2, 0.25) is 0 Å². The van der Waals surface area contributed by atoms with E-state index in [9.17, 15) is 14.4 Å². The summed E-state index contributed by atoms with van der Waals surface area (Å²) in [5.74, 6) is 0.128. The number of carbonyl (C=O) groups excluding carboxylic acids is 3. The quantitative estimate of drug-likeness (QED) is 0.341. The molecule has 43 heavy (non-hydrogen) atoms. The van der Waals surface area contributed by atoms with E-state index in [0.717, 1.165) is 37.0 Å². The zero-order chi connectivity index (χ0) is 30.3. The molecular weight excluding hydrogens is 542 g/mol. The third kappa shape index (κ3) is 6.88. The molecule has 1 saturated carbocycles. The minimum atomic E-state index is -1.20. The van der Waals surface area contributed by atoms with Gasteiger partial charge >= 0.3 is 6.03 Å². The van der Waals surface area contributed by atoms with Crippen molar-refractivity contribution < 1.29 is 19.1 Å². The summed E-state index contributed by atoms with van der Waals surface area (Å²) in [6, 6.07) is 23.2. The van der Waals surface area contributed by atoms with Crippen LogP contribution >= 0.6 is 0 Å². The highest BCUT2D eigenvalue weighted by atomic mass is 16.5. The number of nitrogens with one attached hydrogen (secondary N) is 2. The molecule has 9 heteroatoms. The molecule has 2 aliphatic rings. The first-order valence-electron chi connectivity index (χ1n) is 14.9. The Kier molecular flexibility index (Phi) is 9.39. The minimum absolute atomic E-state index is 0.159. The molecule has 2 N–H and O–H groups in total. The molecule has 9 nitrogen and oxygen atoms in total. The summed E-state index contributed by atoms with van der Waals surface area (Å²) >= 11 is 0. The van der Waals surface area contributed by atoms with E-state index in [1.54, 1.807) is 36.3 Å². The highest BCUT2D eigenvalue weighted by Crippen LogP contribution is 2.34. The maximum absolute atomic E-state index is 14.3. The Morgan fingerprint density at radius 2 is 1.63 bits per heavy atom. The first kappa shape index (κ1) is 29.8. The second-order valence-corrected chi connectivity index (χ2v) is 11.2. The Morgan fingerprint density at radius 3 is 2.30 bits per heavy atom. The Morgan fingerprint density at radius 1 is 0.953 bits per heavy atom. The van der Waals surface area contributed by atoms with E-state index in [0.29, 0.717) is 22.8 Å². The molecule has 224 valence electrons. The number of amides is 4. The molecule has 0 aromatic heterocycles. The summed E-state index contributed by atoms with van der Waals surface area (Å²) in [5.41, 5.74) is 3.55. The summed E-state index contributed by atoms with van der Waals surface area (Å²) < 4.78 is 5.29. The smallest absolute Gasteiger partial charge is 0.321 e. The van der Waals surface area contributed by atoms with E-state index in [-0.39, 0.29) is 24.4 Å². The second kappa shape index (κ2) is 13.5. The van der Waals surface area contributed by atoms with Gasteiger partial charge in [-0.25, -0.2) is 4.79 Å². The molecule has 0 bridgehead atoms. The molecule has 4 amide bonds. The normalized spacial score (nSPS) is 17.0. The van der Waals surface area contributed by atoms with Crippen LogP contribution in [0.3, 0.4) is 0 Å². The number of hydrogen-bond acceptors (Lipinski definition) is 5. The largest absolute Gasteiger partial charge is 0.497 e. The molecule has 1 unspecified atom stereocenters. The predicted octanol–water partition coefficient (Wildman–Crippen LogP) is 6.00.